The number of hydrogen-bond acceptors (Lipinski definition) is 5. The summed E-state index contributed by atoms with van der Waals surface area (Å²) in [6.07, 6.45) is 3.66. The van der Waals surface area contributed by atoms with E-state index in [-0.39, 0.29) is 11.9 Å². The van der Waals surface area contributed by atoms with E-state index < -0.39 is 6.04 Å². The maximum atomic E-state index is 13.6. The van der Waals surface area contributed by atoms with Crippen LogP contribution in [0.2, 0.25) is 0 Å². The van der Waals surface area contributed by atoms with E-state index in [1.54, 1.807) is 11.9 Å². The Balaban J connectivity index is 1.44. The average Bonchev–Trinajstić information content (AvgIpc) is 3.17. The van der Waals surface area contributed by atoms with E-state index in [2.05, 4.69) is 46.4 Å². The first-order chi connectivity index (χ1) is 15.4. The fourth-order valence-corrected chi connectivity index (χ4v) is 5.34. The number of likely N-dealkylation sites (N-methyl/N-ethyl adjacent to an activating group) is 1. The first-order valence-electron chi connectivity index (χ1n) is 11.8. The van der Waals surface area contributed by atoms with Crippen LogP contribution in [-0.2, 0) is 4.79 Å². The molecular weight excluding hydrogens is 404 g/mol. The van der Waals surface area contributed by atoms with Crippen LogP contribution in [0.4, 0.5) is 10.5 Å². The number of rotatable bonds is 4. The number of anilines is 1. The van der Waals surface area contributed by atoms with Crippen LogP contribution in [0.5, 0.6) is 0 Å². The second-order valence-corrected chi connectivity index (χ2v) is 9.61. The summed E-state index contributed by atoms with van der Waals surface area (Å²) < 4.78 is 2.10. The molecule has 2 fully saturated rings. The van der Waals surface area contributed by atoms with Crippen LogP contribution in [0.1, 0.15) is 31.7 Å². The van der Waals surface area contributed by atoms with Crippen LogP contribution in [-0.4, -0.2) is 95.4 Å². The van der Waals surface area contributed by atoms with Gasteiger partial charge in [0.25, 0.3) is 5.91 Å². The van der Waals surface area contributed by atoms with Crippen molar-refractivity contribution >= 4 is 29.4 Å². The molecule has 0 saturated carbocycles. The zero-order valence-electron chi connectivity index (χ0n) is 19.3. The van der Waals surface area contributed by atoms with Crippen LogP contribution in [0, 0.1) is 12.8 Å². The maximum absolute atomic E-state index is 13.6. The molecule has 2 unspecified atom stereocenters. The number of amidine groups is 1. The van der Waals surface area contributed by atoms with Gasteiger partial charge < -0.3 is 4.90 Å². The van der Waals surface area contributed by atoms with Gasteiger partial charge in [-0.3, -0.25) is 14.6 Å². The van der Waals surface area contributed by atoms with Gasteiger partial charge >= 0.3 is 12.0 Å². The zero-order chi connectivity index (χ0) is 22.4. The van der Waals surface area contributed by atoms with Crippen LogP contribution in [0.15, 0.2) is 29.3 Å². The van der Waals surface area contributed by atoms with E-state index in [1.165, 1.54) is 29.7 Å². The lowest BCUT2D eigenvalue weighted by Crippen LogP contribution is -2.64. The monoisotopic (exact) mass is 437 g/mol. The maximum Gasteiger partial charge on any atom is 0.397 e. The quantitative estimate of drug-likeness (QED) is 0.676. The van der Waals surface area contributed by atoms with Crippen molar-refractivity contribution < 1.29 is 14.2 Å². The molecule has 0 aromatic heterocycles. The third kappa shape index (κ3) is 3.60. The van der Waals surface area contributed by atoms with E-state index in [1.807, 2.05) is 6.07 Å². The third-order valence-electron chi connectivity index (χ3n) is 7.04. The van der Waals surface area contributed by atoms with Crippen molar-refractivity contribution in [2.45, 2.75) is 39.2 Å². The molecule has 0 aliphatic carbocycles. The predicted molar refractivity (Wildman–Crippen MR) is 124 cm³/mol. The Labute approximate surface area is 189 Å². The molecule has 170 valence electrons. The van der Waals surface area contributed by atoms with Gasteiger partial charge in [-0.25, -0.2) is 14.3 Å². The van der Waals surface area contributed by atoms with E-state index in [9.17, 15) is 9.59 Å². The molecule has 2 atom stereocenters. The van der Waals surface area contributed by atoms with E-state index in [4.69, 9.17) is 4.99 Å². The summed E-state index contributed by atoms with van der Waals surface area (Å²) in [6, 6.07) is 7.57. The Morgan fingerprint density at radius 1 is 1.12 bits per heavy atom. The first-order valence-corrected chi connectivity index (χ1v) is 11.8. The second-order valence-electron chi connectivity index (χ2n) is 9.61. The highest BCUT2D eigenvalue weighted by Gasteiger charge is 2.55. The fraction of sp³-hybridized carbons (Fsp3) is 0.583. The molecule has 2 saturated heterocycles. The molecule has 8 heteroatoms. The predicted octanol–water partition coefficient (Wildman–Crippen LogP) is 1.98. The highest BCUT2D eigenvalue weighted by atomic mass is 16.2. The summed E-state index contributed by atoms with van der Waals surface area (Å²) in [7, 11) is 1.74. The Hall–Kier alpha value is -2.74. The highest BCUT2D eigenvalue weighted by molar-refractivity contribution is 6.24. The molecule has 0 spiro atoms. The van der Waals surface area contributed by atoms with Gasteiger partial charge in [-0.2, -0.15) is 0 Å². The largest absolute Gasteiger partial charge is 0.397 e. The average molecular weight is 438 g/mol. The van der Waals surface area contributed by atoms with E-state index in [0.717, 1.165) is 44.4 Å². The van der Waals surface area contributed by atoms with Gasteiger partial charge in [-0.1, -0.05) is 30.5 Å². The molecule has 0 N–H and O–H groups in total. The number of guanidine groups is 1. The summed E-state index contributed by atoms with van der Waals surface area (Å²) in [6.45, 7) is 9.15. The summed E-state index contributed by atoms with van der Waals surface area (Å²) in [4.78, 5) is 39.1. The molecule has 0 radical (unpaired) electrons. The Morgan fingerprint density at radius 2 is 1.91 bits per heavy atom. The molecular formula is C24H33N6O2+. The number of likely N-dealkylation sites (tertiary alicyclic amines) is 1. The van der Waals surface area contributed by atoms with Crippen molar-refractivity contribution in [2.24, 2.45) is 10.9 Å². The van der Waals surface area contributed by atoms with Gasteiger partial charge in [0.15, 0.2) is 0 Å². The normalized spacial score (nSPS) is 26.5. The first kappa shape index (κ1) is 21.1. The summed E-state index contributed by atoms with van der Waals surface area (Å²) in [5.41, 5.74) is 2.26. The topological polar surface area (TPSA) is 62.5 Å². The van der Waals surface area contributed by atoms with Gasteiger partial charge in [-0.15, -0.1) is 0 Å². The molecule has 8 nitrogen and oxygen atoms in total. The lowest BCUT2D eigenvalue weighted by Gasteiger charge is -2.36. The van der Waals surface area contributed by atoms with Gasteiger partial charge in [0.2, 0.25) is 11.9 Å². The SMILES string of the molecule is Cc1cccc(N2CC(C)C[N+]3=C2N=C2C3C(=O)N(CCN3CCCCC3)C(=O)N2C)c1. The van der Waals surface area contributed by atoms with Crippen molar-refractivity contribution in [3.05, 3.63) is 29.8 Å². The number of imide groups is 1. The van der Waals surface area contributed by atoms with E-state index in [0.29, 0.717) is 18.3 Å². The lowest BCUT2D eigenvalue weighted by atomic mass is 10.1. The van der Waals surface area contributed by atoms with Gasteiger partial charge in [0.05, 0.1) is 13.1 Å². The molecule has 32 heavy (non-hydrogen) atoms. The van der Waals surface area contributed by atoms with Crippen molar-refractivity contribution in [2.75, 3.05) is 51.2 Å². The van der Waals surface area contributed by atoms with Gasteiger partial charge in [-0.05, 0) is 50.6 Å². The van der Waals surface area contributed by atoms with Crippen LogP contribution < -0.4 is 4.90 Å². The smallest absolute Gasteiger partial charge is 0.302 e. The number of hydrogen-bond donors (Lipinski definition) is 0. The third-order valence-corrected chi connectivity index (χ3v) is 7.04. The standard InChI is InChI=1S/C24H33N6O2/c1-17-8-7-9-19(14-17)29-15-18(2)16-30-20-21(25-23(29)30)26(3)24(32)28(22(20)31)13-12-27-10-5-4-6-11-27/h7-9,14,18,20H,4-6,10-13,15-16H2,1-3H3/q+1. The highest BCUT2D eigenvalue weighted by Crippen LogP contribution is 2.28. The van der Waals surface area contributed by atoms with Crippen molar-refractivity contribution in [3.8, 4) is 0 Å². The van der Waals surface area contributed by atoms with Crippen molar-refractivity contribution in [1.29, 1.82) is 0 Å². The van der Waals surface area contributed by atoms with Gasteiger partial charge in [0.1, 0.15) is 5.69 Å². The summed E-state index contributed by atoms with van der Waals surface area (Å²) in [5.74, 6) is 1.55. The molecule has 4 aliphatic heterocycles. The number of carbonyl (C=O) groups excluding carboxylic acids is 2. The van der Waals surface area contributed by atoms with Crippen LogP contribution in [0.3, 0.4) is 0 Å². The molecule has 4 aliphatic rings. The summed E-state index contributed by atoms with van der Waals surface area (Å²) >= 11 is 0. The molecule has 3 amide bonds. The molecule has 1 aromatic rings. The Kier molecular flexibility index (Phi) is 5.49. The minimum atomic E-state index is -0.524. The minimum absolute atomic E-state index is 0.142. The number of aliphatic imine (C=N–C) groups is 1. The Morgan fingerprint density at radius 3 is 2.66 bits per heavy atom. The number of piperidine rings is 1. The second kappa shape index (κ2) is 8.31. The number of aryl methyl sites for hydroxylation is 1. The molecule has 0 bridgehead atoms. The van der Waals surface area contributed by atoms with Gasteiger partial charge in [0, 0.05) is 26.1 Å². The number of urea groups is 1. The van der Waals surface area contributed by atoms with E-state index >= 15 is 0 Å². The number of carbonyl (C=O) groups is 2. The fourth-order valence-electron chi connectivity index (χ4n) is 5.34. The number of amides is 3. The van der Waals surface area contributed by atoms with Crippen molar-refractivity contribution in [1.82, 2.24) is 14.7 Å². The summed E-state index contributed by atoms with van der Waals surface area (Å²) in [5, 5.41) is 0. The van der Waals surface area contributed by atoms with Crippen LogP contribution >= 0.6 is 0 Å². The number of benzene rings is 1. The zero-order valence-corrected chi connectivity index (χ0v) is 19.3. The molecule has 4 heterocycles. The molecule has 1 aromatic carbocycles. The number of nitrogens with zero attached hydrogens (tertiary/aromatic N) is 6. The lowest BCUT2D eigenvalue weighted by molar-refractivity contribution is -0.545. The van der Waals surface area contributed by atoms with Crippen molar-refractivity contribution in [3.63, 3.8) is 0 Å². The Bertz CT molecular complexity index is 996. The number of fused-ring (bicyclic) bond motifs is 2. The van der Waals surface area contributed by atoms with Crippen LogP contribution in [0.25, 0.3) is 0 Å². The minimum Gasteiger partial charge on any atom is -0.302 e. The molecule has 5 rings (SSSR count).